The van der Waals surface area contributed by atoms with Gasteiger partial charge in [0.2, 0.25) is 17.6 Å². The standard InChI is InChI=1S/C36H53N5O7/c1-5-22-19-27(32(44)38-26(29(42)31(37)43)18-23-14-11-15-23)41(20-22)33(45)30(36(2,3)4)40-35(47)39-28(25-16-9-10-17-25)34(46)48-21-24-12-7-6-8-13-24/h5-8,12-13,22-23,25-28,30,34,46H,1,9-11,14-21H2,2-4H3,(H2,37,43)(H,38,44)(H2,39,40,47)/t22-,26?,27+,28+,30-,34?/m1/s1. The van der Waals surface area contributed by atoms with Crippen LogP contribution in [0.1, 0.15) is 84.1 Å². The lowest BCUT2D eigenvalue weighted by Crippen LogP contribution is -2.61. The number of likely N-dealkylation sites (tertiary alicyclic amines) is 1. The van der Waals surface area contributed by atoms with Crippen molar-refractivity contribution in [2.45, 2.75) is 116 Å². The maximum Gasteiger partial charge on any atom is 0.315 e. The van der Waals surface area contributed by atoms with Crippen LogP contribution in [0.4, 0.5) is 4.79 Å². The van der Waals surface area contributed by atoms with E-state index in [1.807, 2.05) is 51.1 Å². The van der Waals surface area contributed by atoms with Crippen molar-refractivity contribution in [3.8, 4) is 0 Å². The Labute approximate surface area is 283 Å². The SMILES string of the molecule is C=C[C@@H]1C[C@@H](C(=O)NC(CC2CCC2)C(=O)C(N)=O)N(C(=O)[C@@H](NC(=O)N[C@@H](C2CCCC2)C(O)OCc2ccccc2)C(C)(C)C)C1. The number of nitrogens with zero attached hydrogens (tertiary/aromatic N) is 1. The molecule has 3 fully saturated rings. The van der Waals surface area contributed by atoms with Gasteiger partial charge < -0.3 is 36.4 Å². The minimum absolute atomic E-state index is 0.00122. The molecule has 6 N–H and O–H groups in total. The van der Waals surface area contributed by atoms with Crippen LogP contribution >= 0.6 is 0 Å². The second-order valence-electron chi connectivity index (χ2n) is 14.7. The van der Waals surface area contributed by atoms with Gasteiger partial charge in [-0.2, -0.15) is 0 Å². The molecule has 0 spiro atoms. The molecule has 4 rings (SSSR count). The number of nitrogens with one attached hydrogen (secondary N) is 3. The van der Waals surface area contributed by atoms with E-state index in [1.54, 1.807) is 6.08 Å². The number of urea groups is 1. The summed E-state index contributed by atoms with van der Waals surface area (Å²) in [6, 6.07) is 5.07. The Bertz CT molecular complexity index is 1310. The van der Waals surface area contributed by atoms with Gasteiger partial charge in [-0.25, -0.2) is 4.79 Å². The molecule has 2 saturated carbocycles. The summed E-state index contributed by atoms with van der Waals surface area (Å²) in [4.78, 5) is 67.4. The van der Waals surface area contributed by atoms with Crippen LogP contribution in [0, 0.1) is 23.2 Å². The molecule has 1 saturated heterocycles. The topological polar surface area (TPSA) is 180 Å². The summed E-state index contributed by atoms with van der Waals surface area (Å²) in [5, 5.41) is 19.5. The monoisotopic (exact) mass is 667 g/mol. The average Bonchev–Trinajstić information content (AvgIpc) is 3.72. The summed E-state index contributed by atoms with van der Waals surface area (Å²) in [6.45, 7) is 9.69. The van der Waals surface area contributed by atoms with Crippen LogP contribution in [-0.4, -0.2) is 76.5 Å². The molecule has 3 aliphatic rings. The van der Waals surface area contributed by atoms with Gasteiger partial charge >= 0.3 is 6.03 Å². The van der Waals surface area contributed by atoms with Crippen molar-refractivity contribution in [2.75, 3.05) is 6.54 Å². The molecule has 0 aromatic heterocycles. The van der Waals surface area contributed by atoms with Gasteiger partial charge in [0.15, 0.2) is 6.29 Å². The summed E-state index contributed by atoms with van der Waals surface area (Å²) >= 11 is 0. The van der Waals surface area contributed by atoms with Gasteiger partial charge in [0.1, 0.15) is 12.1 Å². The van der Waals surface area contributed by atoms with Crippen molar-refractivity contribution in [3.05, 3.63) is 48.6 Å². The quantitative estimate of drug-likeness (QED) is 0.108. The number of ketones is 1. The Morgan fingerprint density at radius 1 is 1.02 bits per heavy atom. The molecule has 6 atom stereocenters. The average molecular weight is 668 g/mol. The van der Waals surface area contributed by atoms with Gasteiger partial charge in [0.05, 0.1) is 18.7 Å². The fourth-order valence-electron chi connectivity index (χ4n) is 7.00. The van der Waals surface area contributed by atoms with Crippen LogP contribution in [0.3, 0.4) is 0 Å². The smallest absolute Gasteiger partial charge is 0.315 e. The summed E-state index contributed by atoms with van der Waals surface area (Å²) in [5.41, 5.74) is 5.43. The molecule has 12 nitrogen and oxygen atoms in total. The van der Waals surface area contributed by atoms with Crippen molar-refractivity contribution in [3.63, 3.8) is 0 Å². The van der Waals surface area contributed by atoms with Gasteiger partial charge in [-0.3, -0.25) is 19.2 Å². The molecule has 1 aliphatic heterocycles. The van der Waals surface area contributed by atoms with E-state index in [-0.39, 0.29) is 37.3 Å². The number of primary amides is 1. The second kappa shape index (κ2) is 16.6. The van der Waals surface area contributed by atoms with E-state index in [4.69, 9.17) is 10.5 Å². The highest BCUT2D eigenvalue weighted by Gasteiger charge is 2.45. The molecule has 0 radical (unpaired) electrons. The predicted molar refractivity (Wildman–Crippen MR) is 180 cm³/mol. The normalized spacial score (nSPS) is 22.5. The highest BCUT2D eigenvalue weighted by atomic mass is 16.6. The second-order valence-corrected chi connectivity index (χ2v) is 14.7. The lowest BCUT2D eigenvalue weighted by atomic mass is 9.80. The van der Waals surface area contributed by atoms with Crippen LogP contribution in [-0.2, 0) is 30.5 Å². The first-order chi connectivity index (χ1) is 22.8. The van der Waals surface area contributed by atoms with E-state index in [9.17, 15) is 29.1 Å². The zero-order valence-electron chi connectivity index (χ0n) is 28.5. The summed E-state index contributed by atoms with van der Waals surface area (Å²) in [5.74, 6) is -2.97. The molecule has 12 heteroatoms. The Morgan fingerprint density at radius 2 is 1.69 bits per heavy atom. The number of amides is 5. The number of carbonyl (C=O) groups is 5. The van der Waals surface area contributed by atoms with E-state index in [0.717, 1.165) is 50.5 Å². The first-order valence-corrected chi connectivity index (χ1v) is 17.3. The largest absolute Gasteiger partial charge is 0.366 e. The summed E-state index contributed by atoms with van der Waals surface area (Å²) in [7, 11) is 0. The van der Waals surface area contributed by atoms with Crippen molar-refractivity contribution >= 4 is 29.5 Å². The van der Waals surface area contributed by atoms with Crippen molar-refractivity contribution < 1.29 is 33.8 Å². The van der Waals surface area contributed by atoms with Crippen LogP contribution in [0.2, 0.25) is 0 Å². The van der Waals surface area contributed by atoms with Gasteiger partial charge in [0.25, 0.3) is 5.91 Å². The van der Waals surface area contributed by atoms with Crippen molar-refractivity contribution in [1.29, 1.82) is 0 Å². The Morgan fingerprint density at radius 3 is 2.25 bits per heavy atom. The lowest BCUT2D eigenvalue weighted by Gasteiger charge is -2.37. The highest BCUT2D eigenvalue weighted by molar-refractivity contribution is 6.37. The number of carbonyl (C=O) groups excluding carboxylic acids is 5. The molecule has 264 valence electrons. The fraction of sp³-hybridized carbons (Fsp3) is 0.639. The molecule has 2 unspecified atom stereocenters. The fourth-order valence-corrected chi connectivity index (χ4v) is 7.00. The number of aliphatic hydroxyl groups excluding tert-OH is 1. The van der Waals surface area contributed by atoms with Crippen molar-refractivity contribution in [1.82, 2.24) is 20.9 Å². The lowest BCUT2D eigenvalue weighted by molar-refractivity contribution is -0.143. The number of benzene rings is 1. The maximum absolute atomic E-state index is 14.3. The predicted octanol–water partition coefficient (Wildman–Crippen LogP) is 2.93. The van der Waals surface area contributed by atoms with Crippen LogP contribution in [0.5, 0.6) is 0 Å². The Balaban J connectivity index is 1.47. The molecular weight excluding hydrogens is 614 g/mol. The van der Waals surface area contributed by atoms with Gasteiger partial charge in [0, 0.05) is 6.54 Å². The first-order valence-electron chi connectivity index (χ1n) is 17.3. The van der Waals surface area contributed by atoms with E-state index < -0.39 is 65.4 Å². The minimum atomic E-state index is -1.26. The van der Waals surface area contributed by atoms with Gasteiger partial charge in [-0.05, 0) is 54.4 Å². The number of ether oxygens (including phenoxy) is 1. The third-order valence-corrected chi connectivity index (χ3v) is 10.1. The third-order valence-electron chi connectivity index (χ3n) is 10.1. The van der Waals surface area contributed by atoms with Gasteiger partial charge in [-0.15, -0.1) is 6.58 Å². The van der Waals surface area contributed by atoms with Crippen LogP contribution < -0.4 is 21.7 Å². The zero-order chi connectivity index (χ0) is 35.0. The molecular formula is C36H53N5O7. The number of hydrogen-bond donors (Lipinski definition) is 5. The number of Topliss-reactive ketones (excluding diaryl/α,β-unsaturated/α-hetero) is 1. The van der Waals surface area contributed by atoms with E-state index in [0.29, 0.717) is 6.42 Å². The molecule has 2 aliphatic carbocycles. The number of hydrogen-bond acceptors (Lipinski definition) is 7. The Hall–Kier alpha value is -3.77. The van der Waals surface area contributed by atoms with E-state index in [2.05, 4.69) is 22.5 Å². The molecule has 1 aromatic carbocycles. The third kappa shape index (κ3) is 9.65. The van der Waals surface area contributed by atoms with Gasteiger partial charge in [-0.1, -0.05) is 89.3 Å². The summed E-state index contributed by atoms with van der Waals surface area (Å²) in [6.07, 6.45) is 7.46. The first kappa shape index (κ1) is 37.1. The molecule has 0 bridgehead atoms. The van der Waals surface area contributed by atoms with Crippen LogP contribution in [0.25, 0.3) is 0 Å². The zero-order valence-corrected chi connectivity index (χ0v) is 28.5. The molecule has 48 heavy (non-hydrogen) atoms. The maximum atomic E-state index is 14.3. The van der Waals surface area contributed by atoms with Crippen molar-refractivity contribution in [2.24, 2.45) is 28.9 Å². The summed E-state index contributed by atoms with van der Waals surface area (Å²) < 4.78 is 5.80. The number of aliphatic hydroxyl groups is 1. The van der Waals surface area contributed by atoms with E-state index in [1.165, 1.54) is 4.90 Å². The number of rotatable bonds is 15. The van der Waals surface area contributed by atoms with E-state index >= 15 is 0 Å². The molecule has 1 heterocycles. The molecule has 1 aromatic rings. The highest BCUT2D eigenvalue weighted by Crippen LogP contribution is 2.33. The minimum Gasteiger partial charge on any atom is -0.366 e. The Kier molecular flexibility index (Phi) is 12.8. The molecule has 5 amide bonds. The van der Waals surface area contributed by atoms with Crippen LogP contribution in [0.15, 0.2) is 43.0 Å². The number of nitrogens with two attached hydrogens (primary N) is 1.